The average Bonchev–Trinajstić information content (AvgIpc) is 2.77. The summed E-state index contributed by atoms with van der Waals surface area (Å²) >= 11 is 0. The summed E-state index contributed by atoms with van der Waals surface area (Å²) in [7, 11) is 0. The summed E-state index contributed by atoms with van der Waals surface area (Å²) in [6.45, 7) is 5.16. The maximum atomic E-state index is 12.4. The van der Waals surface area contributed by atoms with Crippen molar-refractivity contribution >= 4 is 5.97 Å². The Morgan fingerprint density at radius 2 is 1.23 bits per heavy atom. The van der Waals surface area contributed by atoms with Crippen LogP contribution in [0.3, 0.4) is 0 Å². The molecule has 2 aromatic rings. The molecule has 0 bridgehead atoms. The fraction of sp³-hybridized carbons (Fsp3) is 0.519. The van der Waals surface area contributed by atoms with Gasteiger partial charge in [-0.2, -0.15) is 0 Å². The van der Waals surface area contributed by atoms with E-state index in [2.05, 4.69) is 26.0 Å². The third kappa shape index (κ3) is 9.47. The molecule has 164 valence electrons. The summed E-state index contributed by atoms with van der Waals surface area (Å²) < 4.78 is 11.2. The molecular formula is C27H38O3. The fourth-order valence-electron chi connectivity index (χ4n) is 3.41. The van der Waals surface area contributed by atoms with Crippen LogP contribution in [0.5, 0.6) is 11.5 Å². The molecule has 0 aliphatic rings. The van der Waals surface area contributed by atoms with Crippen LogP contribution in [0.15, 0.2) is 48.5 Å². The van der Waals surface area contributed by atoms with E-state index < -0.39 is 0 Å². The van der Waals surface area contributed by atoms with Gasteiger partial charge in [0.15, 0.2) is 0 Å². The molecule has 0 atom stereocenters. The molecule has 3 nitrogen and oxygen atoms in total. The highest BCUT2D eigenvalue weighted by Gasteiger charge is 2.09. The number of carbonyl (C=O) groups is 1. The highest BCUT2D eigenvalue weighted by molar-refractivity contribution is 5.91. The first kappa shape index (κ1) is 24.0. The second-order valence-electron chi connectivity index (χ2n) is 7.98. The van der Waals surface area contributed by atoms with Crippen molar-refractivity contribution in [2.75, 3.05) is 6.61 Å². The molecule has 0 heterocycles. The standard InChI is InChI=1S/C27H38O3/c1-3-5-7-9-10-11-13-23-14-18-26(19-15-23)30-27(28)24-16-20-25(21-17-24)29-22-12-8-6-4-2/h14-21H,3-13,22H2,1-2H3. The Balaban J connectivity index is 1.72. The topological polar surface area (TPSA) is 35.5 Å². The van der Waals surface area contributed by atoms with Crippen LogP contribution in [0.25, 0.3) is 0 Å². The molecule has 0 amide bonds. The minimum absolute atomic E-state index is 0.340. The van der Waals surface area contributed by atoms with Crippen molar-refractivity contribution < 1.29 is 14.3 Å². The lowest BCUT2D eigenvalue weighted by Crippen LogP contribution is -2.08. The largest absolute Gasteiger partial charge is 0.494 e. The summed E-state index contributed by atoms with van der Waals surface area (Å²) in [4.78, 5) is 12.4. The molecule has 0 fully saturated rings. The van der Waals surface area contributed by atoms with E-state index in [0.717, 1.165) is 25.2 Å². The number of rotatable bonds is 15. The van der Waals surface area contributed by atoms with Gasteiger partial charge in [-0.1, -0.05) is 77.3 Å². The van der Waals surface area contributed by atoms with E-state index >= 15 is 0 Å². The molecule has 30 heavy (non-hydrogen) atoms. The van der Waals surface area contributed by atoms with Crippen LogP contribution in [0, 0.1) is 0 Å². The highest BCUT2D eigenvalue weighted by atomic mass is 16.5. The van der Waals surface area contributed by atoms with Gasteiger partial charge in [-0.25, -0.2) is 4.79 Å². The van der Waals surface area contributed by atoms with Gasteiger partial charge in [0.1, 0.15) is 11.5 Å². The monoisotopic (exact) mass is 410 g/mol. The molecule has 2 rings (SSSR count). The number of esters is 1. The predicted octanol–water partition coefficient (Wildman–Crippen LogP) is 7.77. The van der Waals surface area contributed by atoms with Gasteiger partial charge < -0.3 is 9.47 Å². The maximum Gasteiger partial charge on any atom is 0.343 e. The van der Waals surface area contributed by atoms with Gasteiger partial charge in [0.2, 0.25) is 0 Å². The summed E-state index contributed by atoms with van der Waals surface area (Å²) in [5, 5.41) is 0. The Bertz CT molecular complexity index is 704. The summed E-state index contributed by atoms with van der Waals surface area (Å²) in [5.74, 6) is 1.04. The Morgan fingerprint density at radius 3 is 1.90 bits per heavy atom. The molecule has 0 aromatic heterocycles. The first-order valence-electron chi connectivity index (χ1n) is 11.8. The Hall–Kier alpha value is -2.29. The SMILES string of the molecule is CCCCCCCCc1ccc(OC(=O)c2ccc(OCCCCCC)cc2)cc1. The van der Waals surface area contributed by atoms with E-state index in [4.69, 9.17) is 9.47 Å². The van der Waals surface area contributed by atoms with Crippen molar-refractivity contribution in [1.29, 1.82) is 0 Å². The van der Waals surface area contributed by atoms with Crippen LogP contribution in [0.1, 0.15) is 94.0 Å². The zero-order chi connectivity index (χ0) is 21.4. The van der Waals surface area contributed by atoms with Crippen LogP contribution < -0.4 is 9.47 Å². The van der Waals surface area contributed by atoms with Crippen molar-refractivity contribution in [3.8, 4) is 11.5 Å². The van der Waals surface area contributed by atoms with E-state index in [0.29, 0.717) is 11.3 Å². The number of hydrogen-bond acceptors (Lipinski definition) is 3. The van der Waals surface area contributed by atoms with Gasteiger partial charge in [0.05, 0.1) is 12.2 Å². The molecule has 2 aromatic carbocycles. The van der Waals surface area contributed by atoms with Crippen molar-refractivity contribution in [1.82, 2.24) is 0 Å². The zero-order valence-corrected chi connectivity index (χ0v) is 18.8. The Labute approximate surface area is 182 Å². The maximum absolute atomic E-state index is 12.4. The summed E-state index contributed by atoms with van der Waals surface area (Å²) in [6, 6.07) is 15.1. The third-order valence-electron chi connectivity index (χ3n) is 5.31. The summed E-state index contributed by atoms with van der Waals surface area (Å²) in [5.41, 5.74) is 1.83. The molecular weight excluding hydrogens is 372 g/mol. The summed E-state index contributed by atoms with van der Waals surface area (Å²) in [6.07, 6.45) is 13.6. The second-order valence-corrected chi connectivity index (χ2v) is 7.98. The molecule has 0 N–H and O–H groups in total. The number of aryl methyl sites for hydroxylation is 1. The van der Waals surface area contributed by atoms with Crippen molar-refractivity contribution in [3.05, 3.63) is 59.7 Å². The van der Waals surface area contributed by atoms with Crippen molar-refractivity contribution in [3.63, 3.8) is 0 Å². The first-order chi connectivity index (χ1) is 14.7. The molecule has 0 saturated carbocycles. The third-order valence-corrected chi connectivity index (χ3v) is 5.31. The normalized spacial score (nSPS) is 10.7. The van der Waals surface area contributed by atoms with Gasteiger partial charge in [0, 0.05) is 0 Å². The number of ether oxygens (including phenoxy) is 2. The second kappa shape index (κ2) is 14.7. The lowest BCUT2D eigenvalue weighted by molar-refractivity contribution is 0.0734. The van der Waals surface area contributed by atoms with Gasteiger partial charge in [-0.15, -0.1) is 0 Å². The lowest BCUT2D eigenvalue weighted by atomic mass is 10.0. The zero-order valence-electron chi connectivity index (χ0n) is 18.8. The minimum Gasteiger partial charge on any atom is -0.494 e. The lowest BCUT2D eigenvalue weighted by Gasteiger charge is -2.08. The van der Waals surface area contributed by atoms with Crippen LogP contribution in [0.4, 0.5) is 0 Å². The van der Waals surface area contributed by atoms with Crippen LogP contribution in [0.2, 0.25) is 0 Å². The van der Waals surface area contributed by atoms with E-state index in [-0.39, 0.29) is 5.97 Å². The van der Waals surface area contributed by atoms with E-state index in [1.54, 1.807) is 12.1 Å². The van der Waals surface area contributed by atoms with E-state index in [9.17, 15) is 4.79 Å². The number of carbonyl (C=O) groups excluding carboxylic acids is 1. The average molecular weight is 411 g/mol. The fourth-order valence-corrected chi connectivity index (χ4v) is 3.41. The Kier molecular flexibility index (Phi) is 11.7. The smallest absolute Gasteiger partial charge is 0.343 e. The van der Waals surface area contributed by atoms with Crippen molar-refractivity contribution in [2.24, 2.45) is 0 Å². The van der Waals surface area contributed by atoms with Crippen LogP contribution in [-0.4, -0.2) is 12.6 Å². The number of unbranched alkanes of at least 4 members (excludes halogenated alkanes) is 8. The van der Waals surface area contributed by atoms with Gasteiger partial charge in [-0.05, 0) is 61.2 Å². The number of benzene rings is 2. The van der Waals surface area contributed by atoms with Gasteiger partial charge in [-0.3, -0.25) is 0 Å². The quantitative estimate of drug-likeness (QED) is 0.171. The van der Waals surface area contributed by atoms with Crippen molar-refractivity contribution in [2.45, 2.75) is 84.5 Å². The number of hydrogen-bond donors (Lipinski definition) is 0. The van der Waals surface area contributed by atoms with Gasteiger partial charge in [0.25, 0.3) is 0 Å². The molecule has 3 heteroatoms. The molecule has 0 radical (unpaired) electrons. The van der Waals surface area contributed by atoms with Crippen LogP contribution >= 0.6 is 0 Å². The molecule has 0 spiro atoms. The molecule has 0 aliphatic heterocycles. The highest BCUT2D eigenvalue weighted by Crippen LogP contribution is 2.18. The Morgan fingerprint density at radius 1 is 0.667 bits per heavy atom. The first-order valence-corrected chi connectivity index (χ1v) is 11.8. The predicted molar refractivity (Wildman–Crippen MR) is 125 cm³/mol. The molecule has 0 saturated heterocycles. The van der Waals surface area contributed by atoms with E-state index in [1.807, 2.05) is 24.3 Å². The van der Waals surface area contributed by atoms with Crippen LogP contribution in [-0.2, 0) is 6.42 Å². The molecule has 0 unspecified atom stereocenters. The van der Waals surface area contributed by atoms with Gasteiger partial charge >= 0.3 is 5.97 Å². The van der Waals surface area contributed by atoms with E-state index in [1.165, 1.54) is 63.4 Å². The molecule has 0 aliphatic carbocycles. The minimum atomic E-state index is -0.340.